The summed E-state index contributed by atoms with van der Waals surface area (Å²) in [6, 6.07) is 2.01. The molecule has 2 aliphatic heterocycles. The van der Waals surface area contributed by atoms with Gasteiger partial charge in [0.25, 0.3) is 0 Å². The molecule has 0 bridgehead atoms. The number of nitrogens with zero attached hydrogens (tertiary/aromatic N) is 3. The summed E-state index contributed by atoms with van der Waals surface area (Å²) < 4.78 is 0.915. The molecule has 3 aliphatic rings. The fraction of sp³-hybridized carbons (Fsp3) is 0.500. The van der Waals surface area contributed by atoms with Crippen molar-refractivity contribution < 1.29 is 4.79 Å². The number of nitrogens with one attached hydrogen (secondary N) is 1. The van der Waals surface area contributed by atoms with E-state index >= 15 is 0 Å². The van der Waals surface area contributed by atoms with Crippen LogP contribution in [0.15, 0.2) is 27.0 Å². The summed E-state index contributed by atoms with van der Waals surface area (Å²) in [5.74, 6) is 0.794. The predicted molar refractivity (Wildman–Crippen MR) is 68.3 cm³/mol. The maximum atomic E-state index is 12.3. The van der Waals surface area contributed by atoms with Gasteiger partial charge in [-0.05, 0) is 47.7 Å². The summed E-state index contributed by atoms with van der Waals surface area (Å²) >= 11 is 3.43. The van der Waals surface area contributed by atoms with Crippen LogP contribution in [0.25, 0.3) is 0 Å². The van der Waals surface area contributed by atoms with Gasteiger partial charge in [0.05, 0.1) is 5.41 Å². The fourth-order valence-corrected chi connectivity index (χ4v) is 3.43. The number of anilines is 1. The molecule has 2 spiro atoms. The van der Waals surface area contributed by atoms with Crippen molar-refractivity contribution in [2.24, 2.45) is 10.2 Å². The molecule has 0 aromatic carbocycles. The summed E-state index contributed by atoms with van der Waals surface area (Å²) in [5, 5.41) is 11.1. The van der Waals surface area contributed by atoms with Crippen LogP contribution >= 0.6 is 15.9 Å². The number of rotatable bonds is 0. The molecular formula is C12H11BrN4O. The summed E-state index contributed by atoms with van der Waals surface area (Å²) in [6.07, 6.45) is 5.06. The molecule has 0 atom stereocenters. The van der Waals surface area contributed by atoms with Crippen molar-refractivity contribution in [3.05, 3.63) is 22.3 Å². The first-order valence-corrected chi connectivity index (χ1v) is 6.85. The number of halogens is 1. The predicted octanol–water partition coefficient (Wildman–Crippen LogP) is 2.77. The molecule has 92 valence electrons. The second-order valence-corrected chi connectivity index (χ2v) is 6.18. The summed E-state index contributed by atoms with van der Waals surface area (Å²) in [7, 11) is 0. The first-order chi connectivity index (χ1) is 8.64. The maximum Gasteiger partial charge on any atom is 0.236 e. The van der Waals surface area contributed by atoms with Crippen molar-refractivity contribution in [1.29, 1.82) is 0 Å². The van der Waals surface area contributed by atoms with Gasteiger partial charge in [-0.1, -0.05) is 0 Å². The van der Waals surface area contributed by atoms with Crippen LogP contribution in [0.4, 0.5) is 5.82 Å². The van der Waals surface area contributed by atoms with Crippen LogP contribution in [0, 0.1) is 0 Å². The van der Waals surface area contributed by atoms with Crippen molar-refractivity contribution in [3.8, 4) is 0 Å². The van der Waals surface area contributed by atoms with E-state index in [0.29, 0.717) is 5.82 Å². The van der Waals surface area contributed by atoms with Crippen LogP contribution in [-0.2, 0) is 10.2 Å². The van der Waals surface area contributed by atoms with Gasteiger partial charge >= 0.3 is 0 Å². The summed E-state index contributed by atoms with van der Waals surface area (Å²) in [6.45, 7) is 0. The molecule has 1 aliphatic carbocycles. The molecule has 6 heteroatoms. The molecule has 1 fully saturated rings. The van der Waals surface area contributed by atoms with Crippen molar-refractivity contribution in [2.75, 3.05) is 5.32 Å². The number of pyridine rings is 1. The topological polar surface area (TPSA) is 66.7 Å². The quantitative estimate of drug-likeness (QED) is 0.801. The fourth-order valence-electron chi connectivity index (χ4n) is 3.10. The number of hydrogen-bond donors (Lipinski definition) is 1. The highest BCUT2D eigenvalue weighted by molar-refractivity contribution is 9.10. The van der Waals surface area contributed by atoms with Gasteiger partial charge in [-0.25, -0.2) is 4.98 Å². The van der Waals surface area contributed by atoms with E-state index in [1.807, 2.05) is 6.07 Å². The zero-order valence-electron chi connectivity index (χ0n) is 9.61. The second-order valence-electron chi connectivity index (χ2n) is 5.27. The van der Waals surface area contributed by atoms with Crippen molar-refractivity contribution in [2.45, 2.75) is 36.8 Å². The largest absolute Gasteiger partial charge is 0.310 e. The smallest absolute Gasteiger partial charge is 0.236 e. The Hall–Kier alpha value is -1.30. The Labute approximate surface area is 112 Å². The number of carbonyl (C=O) groups excluding carboxylic acids is 1. The highest BCUT2D eigenvalue weighted by atomic mass is 79.9. The average Bonchev–Trinajstić information content (AvgIpc) is 3.07. The van der Waals surface area contributed by atoms with E-state index in [1.165, 1.54) is 0 Å². The Morgan fingerprint density at radius 2 is 1.94 bits per heavy atom. The van der Waals surface area contributed by atoms with Gasteiger partial charge in [-0.2, -0.15) is 10.2 Å². The van der Waals surface area contributed by atoms with Gasteiger partial charge < -0.3 is 5.32 Å². The molecule has 0 saturated heterocycles. The molecule has 5 nitrogen and oxygen atoms in total. The molecule has 3 heterocycles. The highest BCUT2D eigenvalue weighted by Crippen LogP contribution is 2.53. The molecule has 1 aromatic heterocycles. The van der Waals surface area contributed by atoms with Gasteiger partial charge in [0.1, 0.15) is 5.82 Å². The van der Waals surface area contributed by atoms with Crippen LogP contribution in [0.5, 0.6) is 0 Å². The van der Waals surface area contributed by atoms with E-state index in [2.05, 4.69) is 36.5 Å². The lowest BCUT2D eigenvalue weighted by Crippen LogP contribution is -2.40. The lowest BCUT2D eigenvalue weighted by Gasteiger charge is -2.33. The molecular weight excluding hydrogens is 296 g/mol. The van der Waals surface area contributed by atoms with E-state index in [0.717, 1.165) is 35.7 Å². The zero-order valence-corrected chi connectivity index (χ0v) is 11.2. The normalized spacial score (nSPS) is 25.3. The first kappa shape index (κ1) is 10.6. The van der Waals surface area contributed by atoms with Crippen LogP contribution in [-0.4, -0.2) is 16.6 Å². The van der Waals surface area contributed by atoms with Crippen LogP contribution in [0.3, 0.4) is 0 Å². The SMILES string of the molecule is O=C1Nc2ncc(Br)cc2C12CCC1(CC2)N=N1. The number of carbonyl (C=O) groups is 1. The minimum absolute atomic E-state index is 0.0820. The van der Waals surface area contributed by atoms with Crippen molar-refractivity contribution in [1.82, 2.24) is 4.98 Å². The Balaban J connectivity index is 1.77. The monoisotopic (exact) mass is 306 g/mol. The van der Waals surface area contributed by atoms with E-state index in [9.17, 15) is 4.79 Å². The van der Waals surface area contributed by atoms with Gasteiger partial charge in [0, 0.05) is 16.2 Å². The minimum Gasteiger partial charge on any atom is -0.310 e. The third-order valence-corrected chi connectivity index (χ3v) is 4.76. The molecule has 1 saturated carbocycles. The van der Waals surface area contributed by atoms with Crippen LogP contribution in [0.2, 0.25) is 0 Å². The van der Waals surface area contributed by atoms with Crippen molar-refractivity contribution in [3.63, 3.8) is 0 Å². The standard InChI is InChI=1S/C12H11BrN4O/c13-7-5-8-9(14-6-7)15-10(18)11(8)1-3-12(4-2-11)16-17-12/h5-6H,1-4H2,(H,14,15,18). The first-order valence-electron chi connectivity index (χ1n) is 6.05. The Bertz CT molecular complexity index is 582. The minimum atomic E-state index is -0.412. The van der Waals surface area contributed by atoms with E-state index < -0.39 is 5.41 Å². The van der Waals surface area contributed by atoms with Gasteiger partial charge in [-0.3, -0.25) is 4.79 Å². The third-order valence-electron chi connectivity index (χ3n) is 4.32. The Kier molecular flexibility index (Phi) is 1.87. The van der Waals surface area contributed by atoms with Gasteiger partial charge in [0.15, 0.2) is 5.66 Å². The zero-order chi connectivity index (χ0) is 12.4. The number of aromatic nitrogens is 1. The van der Waals surface area contributed by atoms with E-state index in [-0.39, 0.29) is 11.6 Å². The highest BCUT2D eigenvalue weighted by Gasteiger charge is 2.55. The molecule has 18 heavy (non-hydrogen) atoms. The average molecular weight is 307 g/mol. The van der Waals surface area contributed by atoms with Crippen LogP contribution < -0.4 is 5.32 Å². The number of hydrogen-bond acceptors (Lipinski definition) is 4. The summed E-state index contributed by atoms with van der Waals surface area (Å²) in [5.41, 5.74) is 0.469. The molecule has 0 unspecified atom stereocenters. The molecule has 1 amide bonds. The third kappa shape index (κ3) is 1.27. The van der Waals surface area contributed by atoms with Crippen LogP contribution in [0.1, 0.15) is 31.2 Å². The van der Waals surface area contributed by atoms with Gasteiger partial charge in [0.2, 0.25) is 5.91 Å². The van der Waals surface area contributed by atoms with E-state index in [1.54, 1.807) is 6.20 Å². The molecule has 4 rings (SSSR count). The molecule has 1 aromatic rings. The maximum absolute atomic E-state index is 12.3. The second kappa shape index (κ2) is 3.17. The van der Waals surface area contributed by atoms with E-state index in [4.69, 9.17) is 0 Å². The van der Waals surface area contributed by atoms with Gasteiger partial charge in [-0.15, -0.1) is 0 Å². The lowest BCUT2D eigenvalue weighted by atomic mass is 9.68. The number of amides is 1. The van der Waals surface area contributed by atoms with Crippen molar-refractivity contribution >= 4 is 27.7 Å². The lowest BCUT2D eigenvalue weighted by molar-refractivity contribution is -0.122. The number of fused-ring (bicyclic) bond motifs is 2. The Morgan fingerprint density at radius 3 is 2.61 bits per heavy atom. The summed E-state index contributed by atoms with van der Waals surface area (Å²) in [4.78, 5) is 16.6. The molecule has 1 N–H and O–H groups in total. The molecule has 0 radical (unpaired) electrons. The Morgan fingerprint density at radius 1 is 1.22 bits per heavy atom.